The van der Waals surface area contributed by atoms with Crippen LogP contribution in [0.4, 0.5) is 5.13 Å². The van der Waals surface area contributed by atoms with Gasteiger partial charge >= 0.3 is 0 Å². The second kappa shape index (κ2) is 8.64. The fourth-order valence-corrected chi connectivity index (χ4v) is 4.28. The molecule has 0 aliphatic heterocycles. The van der Waals surface area contributed by atoms with Gasteiger partial charge in [-0.25, -0.2) is 4.98 Å². The van der Waals surface area contributed by atoms with Crippen LogP contribution in [-0.2, 0) is 13.6 Å². The van der Waals surface area contributed by atoms with Gasteiger partial charge in [-0.05, 0) is 59.7 Å². The van der Waals surface area contributed by atoms with Crippen LogP contribution in [0.2, 0.25) is 0 Å². The summed E-state index contributed by atoms with van der Waals surface area (Å²) in [4.78, 5) is 21.4. The van der Waals surface area contributed by atoms with Crippen LogP contribution in [0.1, 0.15) is 27.3 Å². The van der Waals surface area contributed by atoms with Gasteiger partial charge in [0.15, 0.2) is 5.13 Å². The van der Waals surface area contributed by atoms with Crippen molar-refractivity contribution in [1.29, 1.82) is 0 Å². The van der Waals surface area contributed by atoms with Crippen LogP contribution >= 0.6 is 11.3 Å². The number of hydrogen-bond acceptors (Lipinski definition) is 4. The van der Waals surface area contributed by atoms with Gasteiger partial charge in [0, 0.05) is 54.7 Å². The van der Waals surface area contributed by atoms with Crippen molar-refractivity contribution >= 4 is 45.4 Å². The van der Waals surface area contributed by atoms with E-state index in [1.807, 2.05) is 59.6 Å². The number of aryl methyl sites for hydroxylation is 1. The summed E-state index contributed by atoms with van der Waals surface area (Å²) in [6.07, 6.45) is 11.5. The van der Waals surface area contributed by atoms with Gasteiger partial charge in [-0.3, -0.25) is 15.1 Å². The summed E-state index contributed by atoms with van der Waals surface area (Å²) in [5, 5.41) is 6.63. The minimum Gasteiger partial charge on any atom is -0.351 e. The topological polar surface area (TPSA) is 64.7 Å². The lowest BCUT2D eigenvalue weighted by Crippen LogP contribution is -2.17. The molecule has 158 valence electrons. The molecule has 5 aromatic rings. The van der Waals surface area contributed by atoms with E-state index in [9.17, 15) is 4.79 Å². The molecular formula is C25H21N5OS. The Morgan fingerprint density at radius 3 is 2.84 bits per heavy atom. The molecule has 0 spiro atoms. The molecule has 0 radical (unpaired) electrons. The van der Waals surface area contributed by atoms with Crippen LogP contribution in [0.5, 0.6) is 0 Å². The number of pyridine rings is 1. The van der Waals surface area contributed by atoms with E-state index >= 15 is 0 Å². The maximum atomic E-state index is 12.8. The van der Waals surface area contributed by atoms with E-state index in [-0.39, 0.29) is 5.91 Å². The van der Waals surface area contributed by atoms with Crippen molar-refractivity contribution in [3.63, 3.8) is 0 Å². The zero-order chi connectivity index (χ0) is 21.9. The van der Waals surface area contributed by atoms with Crippen molar-refractivity contribution in [2.45, 2.75) is 6.54 Å². The Kier molecular flexibility index (Phi) is 5.39. The molecule has 0 bridgehead atoms. The molecule has 0 aliphatic rings. The number of rotatable bonds is 6. The molecule has 0 saturated carbocycles. The van der Waals surface area contributed by atoms with E-state index < -0.39 is 0 Å². The van der Waals surface area contributed by atoms with Crippen LogP contribution in [0.3, 0.4) is 0 Å². The summed E-state index contributed by atoms with van der Waals surface area (Å²) < 4.78 is 4.02. The number of fused-ring (bicyclic) bond motifs is 1. The lowest BCUT2D eigenvalue weighted by molar-refractivity contribution is 0.101. The number of anilines is 1. The zero-order valence-electron chi connectivity index (χ0n) is 17.5. The Balaban J connectivity index is 1.26. The highest BCUT2D eigenvalue weighted by Gasteiger charge is 2.13. The normalized spacial score (nSPS) is 11.4. The number of carbonyl (C=O) groups excluding carboxylic acids is 1. The van der Waals surface area contributed by atoms with Crippen molar-refractivity contribution in [1.82, 2.24) is 19.1 Å². The molecule has 0 unspecified atom stereocenters. The molecule has 7 heteroatoms. The average molecular weight is 440 g/mol. The molecule has 4 aromatic heterocycles. The third kappa shape index (κ3) is 4.24. The van der Waals surface area contributed by atoms with E-state index in [1.54, 1.807) is 12.4 Å². The largest absolute Gasteiger partial charge is 0.351 e. The Bertz CT molecular complexity index is 1410. The van der Waals surface area contributed by atoms with E-state index in [0.29, 0.717) is 17.4 Å². The van der Waals surface area contributed by atoms with Gasteiger partial charge in [0.05, 0.1) is 5.69 Å². The third-order valence-corrected chi connectivity index (χ3v) is 6.04. The Morgan fingerprint density at radius 1 is 1.09 bits per heavy atom. The second-order valence-corrected chi connectivity index (χ2v) is 8.34. The molecule has 1 amide bonds. The maximum Gasteiger partial charge on any atom is 0.274 e. The van der Waals surface area contributed by atoms with Gasteiger partial charge in [0.25, 0.3) is 5.91 Å². The third-order valence-electron chi connectivity index (χ3n) is 5.26. The smallest absolute Gasteiger partial charge is 0.274 e. The molecule has 1 N–H and O–H groups in total. The first-order valence-corrected chi connectivity index (χ1v) is 11.1. The quantitative estimate of drug-likeness (QED) is 0.390. The molecule has 0 fully saturated rings. The minimum absolute atomic E-state index is 0.177. The molecule has 32 heavy (non-hydrogen) atoms. The van der Waals surface area contributed by atoms with Gasteiger partial charge in [-0.2, -0.15) is 0 Å². The highest BCUT2D eigenvalue weighted by Crippen LogP contribution is 2.21. The van der Waals surface area contributed by atoms with Gasteiger partial charge < -0.3 is 9.13 Å². The number of aromatic nitrogens is 4. The minimum atomic E-state index is -0.177. The molecule has 5 rings (SSSR count). The van der Waals surface area contributed by atoms with Gasteiger partial charge in [0.2, 0.25) is 0 Å². The van der Waals surface area contributed by atoms with Crippen molar-refractivity contribution in [2.24, 2.45) is 7.05 Å². The summed E-state index contributed by atoms with van der Waals surface area (Å²) in [6.45, 7) is 0.607. The lowest BCUT2D eigenvalue weighted by atomic mass is 10.1. The Labute approximate surface area is 189 Å². The molecule has 0 aliphatic carbocycles. The van der Waals surface area contributed by atoms with Crippen molar-refractivity contribution < 1.29 is 4.79 Å². The van der Waals surface area contributed by atoms with Crippen molar-refractivity contribution in [2.75, 3.05) is 5.32 Å². The van der Waals surface area contributed by atoms with Crippen molar-refractivity contribution in [3.8, 4) is 0 Å². The first kappa shape index (κ1) is 20.0. The van der Waals surface area contributed by atoms with E-state index in [1.165, 1.54) is 22.2 Å². The lowest BCUT2D eigenvalue weighted by Gasteiger charge is -2.08. The number of carbonyl (C=O) groups is 1. The molecule has 0 atom stereocenters. The fraction of sp³-hybridized carbons (Fsp3) is 0.0800. The van der Waals surface area contributed by atoms with Crippen LogP contribution in [0.15, 0.2) is 78.7 Å². The van der Waals surface area contributed by atoms with Gasteiger partial charge in [-0.1, -0.05) is 12.1 Å². The van der Waals surface area contributed by atoms with Crippen LogP contribution < -0.4 is 5.32 Å². The van der Waals surface area contributed by atoms with Crippen molar-refractivity contribution in [3.05, 3.63) is 101 Å². The SMILES string of the molecule is Cn1ccc2cc(/C=C/c3csc(NC(=O)c4cccn4Cc4ccncc4)n3)ccc21. The summed E-state index contributed by atoms with van der Waals surface area (Å²) in [5.41, 5.74) is 4.79. The molecule has 0 saturated heterocycles. The number of nitrogens with one attached hydrogen (secondary N) is 1. The van der Waals surface area contributed by atoms with Crippen LogP contribution in [0.25, 0.3) is 23.1 Å². The standard InChI is InChI=1S/C25H21N5OS/c1-29-14-10-20-15-18(5-7-22(20)29)4-6-21-17-32-25(27-21)28-24(31)23-3-2-13-30(23)16-19-8-11-26-12-9-19/h2-15,17H,16H2,1H3,(H,27,28,31)/b6-4+. The maximum absolute atomic E-state index is 12.8. The summed E-state index contributed by atoms with van der Waals surface area (Å²) in [7, 11) is 2.04. The summed E-state index contributed by atoms with van der Waals surface area (Å²) in [6, 6.07) is 16.0. The predicted molar refractivity (Wildman–Crippen MR) is 130 cm³/mol. The Morgan fingerprint density at radius 2 is 1.97 bits per heavy atom. The van der Waals surface area contributed by atoms with Gasteiger partial charge in [0.1, 0.15) is 5.69 Å². The van der Waals surface area contributed by atoms with Gasteiger partial charge in [-0.15, -0.1) is 11.3 Å². The number of thiazole rings is 1. The number of nitrogens with zero attached hydrogens (tertiary/aromatic N) is 4. The summed E-state index contributed by atoms with van der Waals surface area (Å²) in [5.74, 6) is -0.177. The predicted octanol–water partition coefficient (Wildman–Crippen LogP) is 5.30. The fourth-order valence-electron chi connectivity index (χ4n) is 3.61. The zero-order valence-corrected chi connectivity index (χ0v) is 18.3. The summed E-state index contributed by atoms with van der Waals surface area (Å²) >= 11 is 1.41. The number of hydrogen-bond donors (Lipinski definition) is 1. The average Bonchev–Trinajstić information content (AvgIpc) is 3.54. The Hall–Kier alpha value is -3.97. The first-order valence-electron chi connectivity index (χ1n) is 10.2. The van der Waals surface area contributed by atoms with E-state index in [4.69, 9.17) is 0 Å². The van der Waals surface area contributed by atoms with Crippen LogP contribution in [-0.4, -0.2) is 25.0 Å². The van der Waals surface area contributed by atoms with E-state index in [0.717, 1.165) is 16.8 Å². The number of benzene rings is 1. The highest BCUT2D eigenvalue weighted by molar-refractivity contribution is 7.14. The molecule has 4 heterocycles. The highest BCUT2D eigenvalue weighted by atomic mass is 32.1. The first-order chi connectivity index (χ1) is 15.7. The molecule has 1 aromatic carbocycles. The number of amides is 1. The monoisotopic (exact) mass is 439 g/mol. The van der Waals surface area contributed by atoms with Crippen LogP contribution in [0, 0.1) is 0 Å². The molecule has 6 nitrogen and oxygen atoms in total. The molecular weight excluding hydrogens is 418 g/mol. The van der Waals surface area contributed by atoms with E-state index in [2.05, 4.69) is 50.3 Å². The second-order valence-electron chi connectivity index (χ2n) is 7.49.